The van der Waals surface area contributed by atoms with E-state index in [1.165, 1.54) is 295 Å². The molecule has 0 atom stereocenters. The van der Waals surface area contributed by atoms with E-state index in [0.717, 1.165) is 0 Å². The van der Waals surface area contributed by atoms with Crippen LogP contribution in [0.15, 0.2) is 473 Å². The van der Waals surface area contributed by atoms with Crippen LogP contribution in [0.3, 0.4) is 0 Å². The molecule has 138 heavy (non-hydrogen) atoms. The van der Waals surface area contributed by atoms with Gasteiger partial charge in [0.1, 0.15) is 0 Å². The summed E-state index contributed by atoms with van der Waals surface area (Å²) in [4.78, 5) is 0. The van der Waals surface area contributed by atoms with E-state index in [-0.39, 0.29) is 0 Å². The fourth-order valence-electron chi connectivity index (χ4n) is 22.8. The molecule has 0 bridgehead atoms. The molecular weight excluding hydrogens is 1660 g/mol. The third kappa shape index (κ3) is 14.5. The Bertz CT molecular complexity index is 8820. The largest absolute Gasteiger partial charge is 0.0616 e. The molecule has 0 saturated heterocycles. The number of benzene rings is 27. The summed E-state index contributed by atoms with van der Waals surface area (Å²) in [5.74, 6) is 0. The summed E-state index contributed by atoms with van der Waals surface area (Å²) in [5.41, 5.74) is 30.3. The quantitative estimate of drug-likeness (QED) is 0.126. The summed E-state index contributed by atoms with van der Waals surface area (Å²) in [6, 6.07) is 176. The van der Waals surface area contributed by atoms with Crippen molar-refractivity contribution in [3.8, 4) is 100 Å². The van der Waals surface area contributed by atoms with E-state index in [1.54, 1.807) is 0 Å². The summed E-state index contributed by atoms with van der Waals surface area (Å²) < 4.78 is 0. The molecule has 0 amide bonds. The highest BCUT2D eigenvalue weighted by molar-refractivity contribution is 6.22. The minimum absolute atomic E-state index is 1.22. The van der Waals surface area contributed by atoms with Crippen LogP contribution in [0.5, 0.6) is 0 Å². The van der Waals surface area contributed by atoms with Gasteiger partial charge in [0.15, 0.2) is 0 Å². The molecule has 648 valence electrons. The molecule has 0 aliphatic carbocycles. The van der Waals surface area contributed by atoms with Crippen molar-refractivity contribution in [3.63, 3.8) is 0 Å². The number of rotatable bonds is 9. The second kappa shape index (κ2) is 34.1. The van der Waals surface area contributed by atoms with E-state index < -0.39 is 0 Å². The molecule has 27 aromatic rings. The average Bonchev–Trinajstić information content (AvgIpc) is 0.743. The Labute approximate surface area is 803 Å². The number of hydrogen-bond acceptors (Lipinski definition) is 0. The van der Waals surface area contributed by atoms with E-state index in [4.69, 9.17) is 0 Å². The Morgan fingerprint density at radius 1 is 0.101 bits per heavy atom. The molecule has 0 radical (unpaired) electrons. The highest BCUT2D eigenvalue weighted by atomic mass is 14.3. The second-order valence-corrected chi connectivity index (χ2v) is 38.0. The highest BCUT2D eigenvalue weighted by Gasteiger charge is 2.23. The van der Waals surface area contributed by atoms with Crippen molar-refractivity contribution >= 4 is 162 Å². The lowest BCUT2D eigenvalue weighted by atomic mass is 9.85. The smallest absolute Gasteiger partial charge is 0.00757 e. The normalized spacial score (nSPS) is 11.7. The first-order valence-electron chi connectivity index (χ1n) is 48.3. The van der Waals surface area contributed by atoms with Crippen LogP contribution in [0, 0.1) is 41.5 Å². The molecule has 0 nitrogen and oxygen atoms in total. The molecular formula is C138H96. The van der Waals surface area contributed by atoms with Crippen LogP contribution in [0.2, 0.25) is 0 Å². The minimum Gasteiger partial charge on any atom is -0.0616 e. The molecule has 0 aromatic heterocycles. The maximum atomic E-state index is 2.43. The third-order valence-corrected chi connectivity index (χ3v) is 29.4. The van der Waals surface area contributed by atoms with E-state index in [1.807, 2.05) is 0 Å². The van der Waals surface area contributed by atoms with Crippen LogP contribution in [0.4, 0.5) is 0 Å². The van der Waals surface area contributed by atoms with Crippen molar-refractivity contribution in [2.24, 2.45) is 0 Å². The Kier molecular flexibility index (Phi) is 20.4. The van der Waals surface area contributed by atoms with Gasteiger partial charge >= 0.3 is 0 Å². The van der Waals surface area contributed by atoms with Crippen molar-refractivity contribution in [1.29, 1.82) is 0 Å². The lowest BCUT2D eigenvalue weighted by Crippen LogP contribution is -1.93. The summed E-state index contributed by atoms with van der Waals surface area (Å²) in [7, 11) is 0. The topological polar surface area (TPSA) is 0 Å². The van der Waals surface area contributed by atoms with Crippen LogP contribution < -0.4 is 0 Å². The van der Waals surface area contributed by atoms with Gasteiger partial charge in [-0.15, -0.1) is 0 Å². The fraction of sp³-hybridized carbons (Fsp3) is 0.0435. The van der Waals surface area contributed by atoms with E-state index >= 15 is 0 Å². The SMILES string of the molecule is Cc1ccc2cc(-c3cc(-c4cc5ccc(C)cc5c5ccccc45)cc(-c4cc5ccc(C)cc5c5ccccc45)c3)c3ccccc3c2c1.Cc1ccc2ccccc2c1-c1cc(-c2c(C)ccc3ccccc23)cc(-c2c(C)ccc3ccccc23)c1.c1ccc2c(c1)ccc1c(-c3cc(-c4cccc5c4ccc4ccccc45)cc(-c4cccc5c4ccc4ccccc45)c3)cccc12. The number of aryl methyl sites for hydroxylation is 6. The van der Waals surface area contributed by atoms with Crippen LogP contribution in [-0.4, -0.2) is 0 Å². The first-order chi connectivity index (χ1) is 67.9. The van der Waals surface area contributed by atoms with Gasteiger partial charge < -0.3 is 0 Å². The van der Waals surface area contributed by atoms with Gasteiger partial charge in [-0.1, -0.05) is 417 Å². The molecule has 0 heteroatoms. The van der Waals surface area contributed by atoms with Crippen molar-refractivity contribution in [1.82, 2.24) is 0 Å². The van der Waals surface area contributed by atoms with Gasteiger partial charge in [0, 0.05) is 0 Å². The van der Waals surface area contributed by atoms with Crippen molar-refractivity contribution in [2.45, 2.75) is 41.5 Å². The van der Waals surface area contributed by atoms with Gasteiger partial charge in [-0.3, -0.25) is 0 Å². The molecule has 27 aromatic carbocycles. The van der Waals surface area contributed by atoms with Gasteiger partial charge in [0.2, 0.25) is 0 Å². The first kappa shape index (κ1) is 82.7. The van der Waals surface area contributed by atoms with Crippen molar-refractivity contribution in [2.75, 3.05) is 0 Å². The fourth-order valence-corrected chi connectivity index (χ4v) is 22.8. The van der Waals surface area contributed by atoms with Crippen LogP contribution in [0.25, 0.3) is 262 Å². The van der Waals surface area contributed by atoms with Gasteiger partial charge in [0.25, 0.3) is 0 Å². The molecule has 0 fully saturated rings. The Hall–Kier alpha value is -17.2. The molecule has 0 N–H and O–H groups in total. The molecule has 0 saturated carbocycles. The van der Waals surface area contributed by atoms with E-state index in [9.17, 15) is 0 Å². The monoisotopic (exact) mass is 1750 g/mol. The summed E-state index contributed by atoms with van der Waals surface area (Å²) in [5, 5.41) is 38.4. The first-order valence-corrected chi connectivity index (χ1v) is 48.3. The average molecular weight is 1750 g/mol. The molecule has 27 rings (SSSR count). The molecule has 0 spiro atoms. The predicted molar refractivity (Wildman–Crippen MR) is 599 cm³/mol. The zero-order chi connectivity index (χ0) is 92.3. The Morgan fingerprint density at radius 2 is 0.290 bits per heavy atom. The van der Waals surface area contributed by atoms with Gasteiger partial charge in [0.05, 0.1) is 0 Å². The van der Waals surface area contributed by atoms with E-state index in [0.29, 0.717) is 0 Å². The zero-order valence-electron chi connectivity index (χ0n) is 78.0. The standard InChI is InChI=1S/C51H36.C48H30.C39H30/c1-31-16-19-34-28-49(43-13-7-4-10-40(43)46(34)22-31)37-25-38(50-29-35-20-17-32(2)23-47(35)41-11-5-8-14-44(41)50)27-39(26-37)51-30-36-21-18-33(3)24-48(36)42-12-6-9-15-45(42)51;1-4-13-37-31(10-1)22-25-46-40(16-7-19-43(37)46)34-28-35(41-17-8-20-44-38-14-5-2-11-32(38)23-26-47(41)44)30-36(29-34)42-18-9-21-45-39-15-6-3-12-33(39)24-27-48(42)45;1-25-16-19-28-10-4-7-13-34(28)37(25)31-22-32(38-26(2)17-20-29-11-5-8-14-35(29)38)24-33(23-31)39-27(3)18-21-30-12-6-9-15-36(30)39/h4-30H,1-3H3;1-30H;4-24H,1-3H3. The van der Waals surface area contributed by atoms with Gasteiger partial charge in [-0.05, 0) is 393 Å². The lowest BCUT2D eigenvalue weighted by Gasteiger charge is -2.19. The van der Waals surface area contributed by atoms with Gasteiger partial charge in [-0.2, -0.15) is 0 Å². The van der Waals surface area contributed by atoms with Crippen LogP contribution in [0.1, 0.15) is 33.4 Å². The molecule has 0 aliphatic heterocycles. The zero-order valence-corrected chi connectivity index (χ0v) is 78.0. The number of fused-ring (bicyclic) bond motifs is 21. The lowest BCUT2D eigenvalue weighted by molar-refractivity contribution is 1.45. The molecule has 0 aliphatic rings. The van der Waals surface area contributed by atoms with Crippen molar-refractivity contribution in [3.05, 3.63) is 507 Å². The van der Waals surface area contributed by atoms with Gasteiger partial charge in [-0.25, -0.2) is 0 Å². The maximum absolute atomic E-state index is 2.43. The summed E-state index contributed by atoms with van der Waals surface area (Å²) in [6.07, 6.45) is 0. The summed E-state index contributed by atoms with van der Waals surface area (Å²) in [6.45, 7) is 13.3. The number of hydrogen-bond donors (Lipinski definition) is 0. The highest BCUT2D eigenvalue weighted by Crippen LogP contribution is 2.50. The van der Waals surface area contributed by atoms with Crippen LogP contribution >= 0.6 is 0 Å². The van der Waals surface area contributed by atoms with Crippen LogP contribution in [-0.2, 0) is 0 Å². The van der Waals surface area contributed by atoms with Crippen molar-refractivity contribution < 1.29 is 0 Å². The molecule has 0 unspecified atom stereocenters. The second-order valence-electron chi connectivity index (χ2n) is 38.0. The molecule has 0 heterocycles. The predicted octanol–water partition coefficient (Wildman–Crippen LogP) is 39.2. The van der Waals surface area contributed by atoms with E-state index in [2.05, 4.69) is 515 Å². The third-order valence-electron chi connectivity index (χ3n) is 29.4. The minimum atomic E-state index is 1.22. The Morgan fingerprint density at radius 3 is 0.565 bits per heavy atom. The Balaban J connectivity index is 0.000000111. The summed E-state index contributed by atoms with van der Waals surface area (Å²) >= 11 is 0. The maximum Gasteiger partial charge on any atom is -0.00757 e.